The number of hydrogen-bond donors (Lipinski definition) is 1. The van der Waals surface area contributed by atoms with E-state index in [4.69, 9.17) is 30.6 Å². The zero-order chi connectivity index (χ0) is 19.5. The van der Waals surface area contributed by atoms with Crippen LogP contribution >= 0.6 is 7.60 Å². The minimum Gasteiger partial charge on any atom is -0.385 e. The smallest absolute Gasteiger partial charge is 0.355 e. The average Bonchev–Trinajstić information content (AvgIpc) is 2.87. The van der Waals surface area contributed by atoms with Crippen LogP contribution in [-0.2, 0) is 37.4 Å². The van der Waals surface area contributed by atoms with Crippen LogP contribution in [0.25, 0.3) is 0 Å². The van der Waals surface area contributed by atoms with Crippen molar-refractivity contribution in [2.75, 3.05) is 20.6 Å². The normalized spacial score (nSPS) is 26.9. The van der Waals surface area contributed by atoms with Gasteiger partial charge in [-0.1, -0.05) is 17.7 Å². The molecule has 0 spiro atoms. The fourth-order valence-corrected chi connectivity index (χ4v) is 3.95. The maximum absolute atomic E-state index is 12.3. The van der Waals surface area contributed by atoms with Crippen LogP contribution in [-0.4, -0.2) is 66.4 Å². The fourth-order valence-electron chi connectivity index (χ4n) is 2.16. The maximum atomic E-state index is 12.3. The Kier molecular flexibility index (Phi) is 7.03. The molecule has 1 aromatic rings. The first kappa shape index (κ1) is 21.5. The molecular formula is C14H20BO9PS. The molecule has 1 aliphatic rings. The van der Waals surface area contributed by atoms with Gasteiger partial charge in [-0.3, -0.25) is 8.75 Å². The van der Waals surface area contributed by atoms with Crippen LogP contribution in [0.2, 0.25) is 0 Å². The molecule has 0 aromatic heterocycles. The second kappa shape index (κ2) is 8.49. The first-order valence-corrected chi connectivity index (χ1v) is 10.7. The molecule has 1 N–H and O–H groups in total. The molecule has 0 amide bonds. The summed E-state index contributed by atoms with van der Waals surface area (Å²) in [6.07, 6.45) is -4.82. The summed E-state index contributed by atoms with van der Waals surface area (Å²) in [5.41, 5.74) is 0.874. The van der Waals surface area contributed by atoms with Gasteiger partial charge in [0.25, 0.3) is 10.1 Å². The highest BCUT2D eigenvalue weighted by atomic mass is 32.2. The fraction of sp³-hybridized carbons (Fsp3) is 0.571. The van der Waals surface area contributed by atoms with E-state index in [1.807, 2.05) is 6.92 Å². The van der Waals surface area contributed by atoms with Gasteiger partial charge in [-0.15, -0.1) is 0 Å². The molecule has 0 aliphatic carbocycles. The van der Waals surface area contributed by atoms with E-state index >= 15 is 0 Å². The van der Waals surface area contributed by atoms with Gasteiger partial charge in [-0.25, -0.2) is 0 Å². The molecule has 9 nitrogen and oxygen atoms in total. The van der Waals surface area contributed by atoms with Crippen molar-refractivity contribution in [1.29, 1.82) is 0 Å². The van der Waals surface area contributed by atoms with Crippen molar-refractivity contribution in [2.24, 2.45) is 0 Å². The highest BCUT2D eigenvalue weighted by Gasteiger charge is 2.46. The number of ether oxygens (including phenoxy) is 2. The maximum Gasteiger partial charge on any atom is 0.355 e. The summed E-state index contributed by atoms with van der Waals surface area (Å²) < 4.78 is 61.4. The lowest BCUT2D eigenvalue weighted by Crippen LogP contribution is -2.38. The Bertz CT molecular complexity index is 746. The largest absolute Gasteiger partial charge is 0.385 e. The number of aliphatic hydroxyl groups excluding tert-OH is 1. The molecule has 26 heavy (non-hydrogen) atoms. The van der Waals surface area contributed by atoms with Gasteiger partial charge in [0.1, 0.15) is 20.1 Å². The Hall–Kier alpha value is -0.775. The van der Waals surface area contributed by atoms with Gasteiger partial charge in [0.05, 0.1) is 4.90 Å². The summed E-state index contributed by atoms with van der Waals surface area (Å²) >= 11 is 0. The Labute approximate surface area is 153 Å². The highest BCUT2D eigenvalue weighted by molar-refractivity contribution is 7.86. The number of rotatable bonds is 8. The summed E-state index contributed by atoms with van der Waals surface area (Å²) in [4.78, 5) is -0.0878. The average molecular weight is 406 g/mol. The molecule has 1 aliphatic heterocycles. The van der Waals surface area contributed by atoms with E-state index in [-0.39, 0.29) is 4.90 Å². The van der Waals surface area contributed by atoms with E-state index < -0.39 is 48.6 Å². The highest BCUT2D eigenvalue weighted by Crippen LogP contribution is 2.46. The summed E-state index contributed by atoms with van der Waals surface area (Å²) in [5.74, 6) is 0. The van der Waals surface area contributed by atoms with E-state index in [1.165, 1.54) is 26.4 Å². The van der Waals surface area contributed by atoms with Crippen LogP contribution in [0.1, 0.15) is 5.56 Å². The van der Waals surface area contributed by atoms with Crippen molar-refractivity contribution in [1.82, 2.24) is 0 Å². The second-order valence-corrected chi connectivity index (χ2v) is 9.34. The topological polar surface area (TPSA) is 118 Å². The van der Waals surface area contributed by atoms with Crippen molar-refractivity contribution < 1.29 is 40.8 Å². The van der Waals surface area contributed by atoms with Crippen molar-refractivity contribution in [2.45, 2.75) is 36.3 Å². The third kappa shape index (κ3) is 4.93. The van der Waals surface area contributed by atoms with Crippen LogP contribution in [0.5, 0.6) is 0 Å². The van der Waals surface area contributed by atoms with Crippen molar-refractivity contribution in [3.63, 3.8) is 0 Å². The van der Waals surface area contributed by atoms with E-state index in [0.717, 1.165) is 5.56 Å². The van der Waals surface area contributed by atoms with Crippen molar-refractivity contribution in [3.05, 3.63) is 29.8 Å². The monoisotopic (exact) mass is 406 g/mol. The molecular weight excluding hydrogens is 386 g/mol. The van der Waals surface area contributed by atoms with Gasteiger partial charge in [-0.05, 0) is 19.1 Å². The first-order valence-electron chi connectivity index (χ1n) is 7.53. The zero-order valence-electron chi connectivity index (χ0n) is 14.5. The molecule has 0 bridgehead atoms. The molecule has 1 fully saturated rings. The van der Waals surface area contributed by atoms with Crippen molar-refractivity contribution in [3.8, 4) is 0 Å². The van der Waals surface area contributed by atoms with Gasteiger partial charge in [0.2, 0.25) is 0 Å². The number of benzene rings is 1. The minimum absolute atomic E-state index is 0.0878. The van der Waals surface area contributed by atoms with Gasteiger partial charge < -0.3 is 23.6 Å². The number of hydrogen-bond acceptors (Lipinski definition) is 9. The molecule has 144 valence electrons. The molecule has 4 atom stereocenters. The van der Waals surface area contributed by atoms with E-state index in [0.29, 0.717) is 0 Å². The molecule has 4 unspecified atom stereocenters. The molecule has 0 saturated carbocycles. The molecule has 1 aromatic carbocycles. The number of aryl methyl sites for hydroxylation is 1. The first-order chi connectivity index (χ1) is 12.1. The van der Waals surface area contributed by atoms with Crippen LogP contribution in [0.4, 0.5) is 0 Å². The Morgan fingerprint density at radius 1 is 1.23 bits per heavy atom. The standard InChI is InChI=1S/C14H20BO9PS/c1-9-4-6-10(7-5-9)26(18,19)24-12-11(16)14(23-13(12)15)22-8-25(17,20-2)21-3/h4-7,11-14,16H,8H2,1-3H3. The van der Waals surface area contributed by atoms with Crippen LogP contribution < -0.4 is 0 Å². The second-order valence-electron chi connectivity index (χ2n) is 5.56. The van der Waals surface area contributed by atoms with Gasteiger partial charge >= 0.3 is 7.60 Å². The Balaban J connectivity index is 2.06. The molecule has 2 radical (unpaired) electrons. The van der Waals surface area contributed by atoms with Crippen molar-refractivity contribution >= 4 is 25.6 Å². The summed E-state index contributed by atoms with van der Waals surface area (Å²) in [6, 6.07) is 4.69. The molecule has 1 heterocycles. The van der Waals surface area contributed by atoms with E-state index in [1.54, 1.807) is 12.1 Å². The number of aliphatic hydroxyl groups is 1. The predicted octanol–water partition coefficient (Wildman–Crippen LogP) is 0.741. The zero-order valence-corrected chi connectivity index (χ0v) is 16.2. The van der Waals surface area contributed by atoms with Crippen LogP contribution in [0.15, 0.2) is 29.2 Å². The van der Waals surface area contributed by atoms with Crippen LogP contribution in [0, 0.1) is 6.92 Å². The molecule has 2 rings (SSSR count). The molecule has 1 saturated heterocycles. The third-order valence-corrected chi connectivity index (χ3v) is 6.63. The van der Waals surface area contributed by atoms with E-state index in [2.05, 4.69) is 0 Å². The third-order valence-electron chi connectivity index (χ3n) is 3.73. The Morgan fingerprint density at radius 2 is 1.81 bits per heavy atom. The van der Waals surface area contributed by atoms with Gasteiger partial charge in [-0.2, -0.15) is 8.42 Å². The summed E-state index contributed by atoms with van der Waals surface area (Å²) in [6.45, 7) is 1.81. The predicted molar refractivity (Wildman–Crippen MR) is 91.2 cm³/mol. The lowest BCUT2D eigenvalue weighted by atomic mass is 9.94. The lowest BCUT2D eigenvalue weighted by Gasteiger charge is -2.20. The van der Waals surface area contributed by atoms with Gasteiger partial charge in [0, 0.05) is 20.2 Å². The minimum atomic E-state index is -4.18. The summed E-state index contributed by atoms with van der Waals surface area (Å²) in [7, 11) is 0.346. The lowest BCUT2D eigenvalue weighted by molar-refractivity contribution is -0.147. The molecule has 12 heteroatoms. The van der Waals surface area contributed by atoms with Crippen LogP contribution in [0.3, 0.4) is 0 Å². The summed E-state index contributed by atoms with van der Waals surface area (Å²) in [5, 5.41) is 10.2. The quantitative estimate of drug-likeness (QED) is 0.379. The van der Waals surface area contributed by atoms with E-state index in [9.17, 15) is 18.1 Å². The van der Waals surface area contributed by atoms with Gasteiger partial charge in [0.15, 0.2) is 12.6 Å². The SMILES string of the molecule is [B]C1OC(OCP(=O)(OC)OC)C(O)C1OS(=O)(=O)c1ccc(C)cc1. The Morgan fingerprint density at radius 3 is 2.35 bits per heavy atom.